The van der Waals surface area contributed by atoms with Crippen molar-refractivity contribution in [3.63, 3.8) is 0 Å². The minimum atomic E-state index is -0.0450. The van der Waals surface area contributed by atoms with Crippen LogP contribution in [0.15, 0.2) is 0 Å². The second-order valence-corrected chi connectivity index (χ2v) is 4.07. The van der Waals surface area contributed by atoms with Crippen molar-refractivity contribution in [2.75, 3.05) is 39.4 Å². The average molecular weight is 229 g/mol. The van der Waals surface area contributed by atoms with Crippen molar-refractivity contribution in [3.8, 4) is 0 Å². The van der Waals surface area contributed by atoms with Gasteiger partial charge in [0.05, 0.1) is 6.61 Å². The second kappa shape index (κ2) is 7.60. The Hall–Kier alpha value is -0.650. The molecule has 16 heavy (non-hydrogen) atoms. The zero-order valence-electron chi connectivity index (χ0n) is 10.1. The predicted octanol–water partition coefficient (Wildman–Crippen LogP) is -0.438. The minimum absolute atomic E-state index is 0.0450. The van der Waals surface area contributed by atoms with Crippen LogP contribution in [-0.2, 0) is 9.53 Å². The summed E-state index contributed by atoms with van der Waals surface area (Å²) >= 11 is 0. The molecule has 0 aliphatic carbocycles. The highest BCUT2D eigenvalue weighted by Gasteiger charge is 2.22. The lowest BCUT2D eigenvalue weighted by molar-refractivity contribution is -0.125. The largest absolute Gasteiger partial charge is 0.370 e. The smallest absolute Gasteiger partial charge is 0.246 e. The summed E-state index contributed by atoms with van der Waals surface area (Å²) < 4.78 is 5.06. The van der Waals surface area contributed by atoms with Crippen molar-refractivity contribution >= 4 is 5.91 Å². The third-order valence-corrected chi connectivity index (χ3v) is 2.94. The predicted molar refractivity (Wildman–Crippen MR) is 63.2 cm³/mol. The summed E-state index contributed by atoms with van der Waals surface area (Å²) in [6.07, 6.45) is 2.41. The van der Waals surface area contributed by atoms with Gasteiger partial charge in [-0.2, -0.15) is 0 Å². The third-order valence-electron chi connectivity index (χ3n) is 2.94. The summed E-state index contributed by atoms with van der Waals surface area (Å²) in [7, 11) is 0. The number of likely N-dealkylation sites (N-methyl/N-ethyl adjacent to an activating group) is 1. The molecule has 1 amide bonds. The Morgan fingerprint density at radius 3 is 3.12 bits per heavy atom. The maximum atomic E-state index is 11.4. The number of ether oxygens (including phenoxy) is 1. The Kier molecular flexibility index (Phi) is 6.37. The van der Waals surface area contributed by atoms with E-state index in [0.717, 1.165) is 19.6 Å². The number of amides is 1. The fourth-order valence-electron chi connectivity index (χ4n) is 2.07. The monoisotopic (exact) mass is 229 g/mol. The van der Waals surface area contributed by atoms with Crippen molar-refractivity contribution in [1.29, 1.82) is 0 Å². The number of carbonyl (C=O) groups is 1. The fraction of sp³-hybridized carbons (Fsp3) is 0.909. The van der Waals surface area contributed by atoms with Gasteiger partial charge in [-0.15, -0.1) is 0 Å². The highest BCUT2D eigenvalue weighted by Crippen LogP contribution is 2.15. The molecule has 0 aromatic rings. The van der Waals surface area contributed by atoms with Crippen LogP contribution in [-0.4, -0.2) is 56.2 Å². The molecule has 0 saturated carbocycles. The first kappa shape index (κ1) is 13.4. The highest BCUT2D eigenvalue weighted by molar-refractivity contribution is 5.77. The number of nitrogens with one attached hydrogen (secondary N) is 1. The lowest BCUT2D eigenvalue weighted by Gasteiger charge is -2.22. The zero-order chi connectivity index (χ0) is 11.8. The normalized spacial score (nSPS) is 21.2. The quantitative estimate of drug-likeness (QED) is 0.581. The van der Waals surface area contributed by atoms with Gasteiger partial charge in [-0.1, -0.05) is 6.92 Å². The SMILES string of the molecule is CCN1CCCC1CNC(=O)COCCN. The van der Waals surface area contributed by atoms with Crippen molar-refractivity contribution in [2.45, 2.75) is 25.8 Å². The van der Waals surface area contributed by atoms with Crippen LogP contribution in [0.2, 0.25) is 0 Å². The molecular formula is C11H23N3O2. The first-order valence-corrected chi connectivity index (χ1v) is 6.06. The molecule has 5 heteroatoms. The van der Waals surface area contributed by atoms with Crippen LogP contribution in [0, 0.1) is 0 Å². The van der Waals surface area contributed by atoms with Gasteiger partial charge in [-0.05, 0) is 25.9 Å². The molecule has 5 nitrogen and oxygen atoms in total. The lowest BCUT2D eigenvalue weighted by Crippen LogP contribution is -2.41. The number of nitrogens with two attached hydrogens (primary N) is 1. The number of nitrogens with zero attached hydrogens (tertiary/aromatic N) is 1. The van der Waals surface area contributed by atoms with Crippen LogP contribution in [0.1, 0.15) is 19.8 Å². The maximum Gasteiger partial charge on any atom is 0.246 e. The van der Waals surface area contributed by atoms with Crippen LogP contribution in [0.4, 0.5) is 0 Å². The summed E-state index contributed by atoms with van der Waals surface area (Å²) in [5.41, 5.74) is 5.26. The summed E-state index contributed by atoms with van der Waals surface area (Å²) in [5.74, 6) is -0.0450. The summed E-state index contributed by atoms with van der Waals surface area (Å²) in [5, 5.41) is 2.90. The molecule has 94 valence electrons. The van der Waals surface area contributed by atoms with Gasteiger partial charge >= 0.3 is 0 Å². The van der Waals surface area contributed by atoms with Crippen LogP contribution >= 0.6 is 0 Å². The van der Waals surface area contributed by atoms with Gasteiger partial charge in [-0.25, -0.2) is 0 Å². The van der Waals surface area contributed by atoms with Crippen molar-refractivity contribution in [1.82, 2.24) is 10.2 Å². The summed E-state index contributed by atoms with van der Waals surface area (Å²) in [6.45, 7) is 6.13. The molecule has 0 bridgehead atoms. The van der Waals surface area contributed by atoms with E-state index in [1.807, 2.05) is 0 Å². The topological polar surface area (TPSA) is 67.6 Å². The van der Waals surface area contributed by atoms with Crippen LogP contribution in [0.3, 0.4) is 0 Å². The zero-order valence-corrected chi connectivity index (χ0v) is 10.1. The number of carbonyl (C=O) groups excluding carboxylic acids is 1. The molecule has 1 unspecified atom stereocenters. The van der Waals surface area contributed by atoms with Gasteiger partial charge in [-0.3, -0.25) is 9.69 Å². The molecule has 1 heterocycles. The van der Waals surface area contributed by atoms with Gasteiger partial charge in [0, 0.05) is 19.1 Å². The van der Waals surface area contributed by atoms with Crippen molar-refractivity contribution < 1.29 is 9.53 Å². The number of likely N-dealkylation sites (tertiary alicyclic amines) is 1. The highest BCUT2D eigenvalue weighted by atomic mass is 16.5. The van der Waals surface area contributed by atoms with Gasteiger partial charge in [0.15, 0.2) is 0 Å². The first-order chi connectivity index (χ1) is 7.77. The molecule has 0 spiro atoms. The van der Waals surface area contributed by atoms with Gasteiger partial charge in [0.25, 0.3) is 0 Å². The Balaban J connectivity index is 2.11. The molecule has 1 saturated heterocycles. The maximum absolute atomic E-state index is 11.4. The van der Waals surface area contributed by atoms with E-state index in [2.05, 4.69) is 17.1 Å². The van der Waals surface area contributed by atoms with Crippen LogP contribution in [0.5, 0.6) is 0 Å². The molecule has 3 N–H and O–H groups in total. The van der Waals surface area contributed by atoms with E-state index in [1.165, 1.54) is 12.8 Å². The molecule has 1 aliphatic rings. The third kappa shape index (κ3) is 4.47. The molecule has 1 atom stereocenters. The minimum Gasteiger partial charge on any atom is -0.370 e. The number of hydrogen-bond donors (Lipinski definition) is 2. The Bertz CT molecular complexity index is 211. The summed E-state index contributed by atoms with van der Waals surface area (Å²) in [4.78, 5) is 13.8. The molecular weight excluding hydrogens is 206 g/mol. The van der Waals surface area contributed by atoms with E-state index < -0.39 is 0 Å². The van der Waals surface area contributed by atoms with Crippen LogP contribution in [0.25, 0.3) is 0 Å². The van der Waals surface area contributed by atoms with E-state index in [1.54, 1.807) is 0 Å². The molecule has 0 aromatic heterocycles. The fourth-order valence-corrected chi connectivity index (χ4v) is 2.07. The number of hydrogen-bond acceptors (Lipinski definition) is 4. The first-order valence-electron chi connectivity index (χ1n) is 6.06. The van der Waals surface area contributed by atoms with E-state index in [-0.39, 0.29) is 12.5 Å². The van der Waals surface area contributed by atoms with E-state index in [4.69, 9.17) is 10.5 Å². The molecule has 0 aromatic carbocycles. The average Bonchev–Trinajstić information content (AvgIpc) is 2.74. The van der Waals surface area contributed by atoms with E-state index in [0.29, 0.717) is 19.2 Å². The molecule has 1 aliphatic heterocycles. The Labute approximate surface area is 97.3 Å². The number of rotatable bonds is 7. The molecule has 1 fully saturated rings. The molecule has 0 radical (unpaired) electrons. The van der Waals surface area contributed by atoms with Gasteiger partial charge in [0.2, 0.25) is 5.91 Å². The second-order valence-electron chi connectivity index (χ2n) is 4.07. The standard InChI is InChI=1S/C11H23N3O2/c1-2-14-6-3-4-10(14)8-13-11(15)9-16-7-5-12/h10H,2-9,12H2,1H3,(H,13,15). The van der Waals surface area contributed by atoms with Crippen molar-refractivity contribution in [3.05, 3.63) is 0 Å². The lowest BCUT2D eigenvalue weighted by atomic mass is 10.2. The summed E-state index contributed by atoms with van der Waals surface area (Å²) in [6, 6.07) is 0.503. The Morgan fingerprint density at radius 1 is 1.62 bits per heavy atom. The van der Waals surface area contributed by atoms with E-state index >= 15 is 0 Å². The Morgan fingerprint density at radius 2 is 2.44 bits per heavy atom. The van der Waals surface area contributed by atoms with Crippen LogP contribution < -0.4 is 11.1 Å². The molecule has 1 rings (SSSR count). The van der Waals surface area contributed by atoms with Gasteiger partial charge < -0.3 is 15.8 Å². The van der Waals surface area contributed by atoms with Gasteiger partial charge in [0.1, 0.15) is 6.61 Å². The van der Waals surface area contributed by atoms with Crippen molar-refractivity contribution in [2.24, 2.45) is 5.73 Å². The van der Waals surface area contributed by atoms with E-state index in [9.17, 15) is 4.79 Å².